The molecule has 0 saturated carbocycles. The molecule has 7 heteroatoms. The van der Waals surface area contributed by atoms with Crippen LogP contribution < -0.4 is 5.32 Å². The lowest BCUT2D eigenvalue weighted by Crippen LogP contribution is -2.45. The summed E-state index contributed by atoms with van der Waals surface area (Å²) in [6.45, 7) is 5.68. The topological polar surface area (TPSA) is 75.4 Å². The van der Waals surface area contributed by atoms with Gasteiger partial charge in [0.05, 0.1) is 17.0 Å². The minimum absolute atomic E-state index is 0.0861. The van der Waals surface area contributed by atoms with Crippen LogP contribution in [-0.2, 0) is 9.59 Å². The van der Waals surface area contributed by atoms with Gasteiger partial charge in [0.15, 0.2) is 5.82 Å². The molecule has 1 N–H and O–H groups in total. The lowest BCUT2D eigenvalue weighted by Gasteiger charge is -2.41. The first-order chi connectivity index (χ1) is 13.5. The van der Waals surface area contributed by atoms with Crippen molar-refractivity contribution in [1.29, 1.82) is 0 Å². The van der Waals surface area contributed by atoms with Gasteiger partial charge in [0.2, 0.25) is 11.8 Å². The summed E-state index contributed by atoms with van der Waals surface area (Å²) in [5.41, 5.74) is 1.18. The quantitative estimate of drug-likeness (QED) is 0.786. The van der Waals surface area contributed by atoms with E-state index in [1.54, 1.807) is 19.9 Å². The van der Waals surface area contributed by atoms with E-state index in [2.05, 4.69) is 29.5 Å². The molecule has 0 spiro atoms. The van der Waals surface area contributed by atoms with E-state index >= 15 is 0 Å². The van der Waals surface area contributed by atoms with Gasteiger partial charge in [0.25, 0.3) is 0 Å². The Labute approximate surface area is 170 Å². The molecule has 2 amide bonds. The maximum atomic E-state index is 13.0. The average molecular weight is 402 g/mol. The molecule has 150 valence electrons. The van der Waals surface area contributed by atoms with Crippen molar-refractivity contribution in [2.24, 2.45) is 0 Å². The largest absolute Gasteiger partial charge is 0.360 e. The highest BCUT2D eigenvalue weighted by Gasteiger charge is 2.33. The van der Waals surface area contributed by atoms with E-state index in [1.165, 1.54) is 17.3 Å². The second-order valence-corrected chi connectivity index (χ2v) is 8.60. The van der Waals surface area contributed by atoms with Gasteiger partial charge < -0.3 is 14.7 Å². The fourth-order valence-electron chi connectivity index (χ4n) is 3.61. The van der Waals surface area contributed by atoms with Crippen LogP contribution in [0.25, 0.3) is 0 Å². The Morgan fingerprint density at radius 2 is 2.07 bits per heavy atom. The number of aromatic nitrogens is 1. The lowest BCUT2D eigenvalue weighted by molar-refractivity contribution is -0.135. The second kappa shape index (κ2) is 9.28. The van der Waals surface area contributed by atoms with Crippen molar-refractivity contribution in [2.75, 3.05) is 11.1 Å². The third kappa shape index (κ3) is 4.95. The molecule has 0 unspecified atom stereocenters. The number of carbonyl (C=O) groups is 2. The molecular formula is C21H27N3O3S. The number of anilines is 1. The molecule has 0 aliphatic carbocycles. The Hall–Kier alpha value is -2.28. The van der Waals surface area contributed by atoms with Gasteiger partial charge >= 0.3 is 0 Å². The number of nitrogens with one attached hydrogen (secondary N) is 1. The van der Waals surface area contributed by atoms with Crippen LogP contribution in [0.15, 0.2) is 40.9 Å². The van der Waals surface area contributed by atoms with Crippen molar-refractivity contribution < 1.29 is 14.1 Å². The molecule has 1 aliphatic heterocycles. The highest BCUT2D eigenvalue weighted by molar-refractivity contribution is 8.01. The van der Waals surface area contributed by atoms with Gasteiger partial charge in [0, 0.05) is 12.1 Å². The number of rotatable bonds is 6. The average Bonchev–Trinajstić information content (AvgIpc) is 3.10. The first-order valence-electron chi connectivity index (χ1n) is 9.67. The first-order valence-corrected chi connectivity index (χ1v) is 10.7. The summed E-state index contributed by atoms with van der Waals surface area (Å²) in [6.07, 6.45) is 3.11. The summed E-state index contributed by atoms with van der Waals surface area (Å²) in [5, 5.41) is 6.12. The zero-order valence-corrected chi connectivity index (χ0v) is 17.4. The van der Waals surface area contributed by atoms with Gasteiger partial charge in [-0.1, -0.05) is 35.5 Å². The van der Waals surface area contributed by atoms with Crippen molar-refractivity contribution in [3.8, 4) is 0 Å². The number of nitrogens with zero attached hydrogens (tertiary/aromatic N) is 2. The number of aryl methyl sites for hydroxylation is 1. The van der Waals surface area contributed by atoms with E-state index in [4.69, 9.17) is 4.52 Å². The van der Waals surface area contributed by atoms with Crippen LogP contribution in [0, 0.1) is 6.92 Å². The van der Waals surface area contributed by atoms with Gasteiger partial charge in [-0.3, -0.25) is 9.59 Å². The fraction of sp³-hybridized carbons (Fsp3) is 0.476. The minimum atomic E-state index is -0.365. The summed E-state index contributed by atoms with van der Waals surface area (Å²) < 4.78 is 4.96. The van der Waals surface area contributed by atoms with E-state index in [-0.39, 0.29) is 34.9 Å². The van der Waals surface area contributed by atoms with Gasteiger partial charge in [-0.15, -0.1) is 11.8 Å². The number of hydrogen-bond donors (Lipinski definition) is 1. The first kappa shape index (κ1) is 20.5. The monoisotopic (exact) mass is 401 g/mol. The van der Waals surface area contributed by atoms with E-state index in [0.717, 1.165) is 19.3 Å². The van der Waals surface area contributed by atoms with Crippen molar-refractivity contribution in [2.45, 2.75) is 57.4 Å². The minimum Gasteiger partial charge on any atom is -0.360 e. The van der Waals surface area contributed by atoms with Crippen LogP contribution in [0.1, 0.15) is 50.5 Å². The molecule has 0 bridgehead atoms. The molecule has 0 radical (unpaired) electrons. The Morgan fingerprint density at radius 3 is 2.75 bits per heavy atom. The van der Waals surface area contributed by atoms with Gasteiger partial charge in [0.1, 0.15) is 5.76 Å². The molecule has 1 fully saturated rings. The molecule has 1 aliphatic rings. The number of amides is 2. The molecule has 1 aromatic carbocycles. The number of carbonyl (C=O) groups excluding carboxylic acids is 2. The molecule has 3 rings (SSSR count). The van der Waals surface area contributed by atoms with Crippen molar-refractivity contribution in [3.63, 3.8) is 0 Å². The SMILES string of the molecule is Cc1cc(NC(=O)[C@H](C)SCC(=O)N2[C@H](C)CCC[C@H]2c2ccccc2)no1. The van der Waals surface area contributed by atoms with Crippen LogP contribution in [0.4, 0.5) is 5.82 Å². The number of hydrogen-bond acceptors (Lipinski definition) is 5. The van der Waals surface area contributed by atoms with E-state index in [1.807, 2.05) is 23.1 Å². The van der Waals surface area contributed by atoms with Crippen LogP contribution in [0.2, 0.25) is 0 Å². The molecular weight excluding hydrogens is 374 g/mol. The molecule has 1 saturated heterocycles. The second-order valence-electron chi connectivity index (χ2n) is 7.27. The fourth-order valence-corrected chi connectivity index (χ4v) is 4.37. The zero-order valence-electron chi connectivity index (χ0n) is 16.6. The third-order valence-electron chi connectivity index (χ3n) is 5.09. The lowest BCUT2D eigenvalue weighted by atomic mass is 9.91. The van der Waals surface area contributed by atoms with Crippen LogP contribution in [0.3, 0.4) is 0 Å². The Bertz CT molecular complexity index is 808. The summed E-state index contributed by atoms with van der Waals surface area (Å²) in [5.74, 6) is 1.22. The summed E-state index contributed by atoms with van der Waals surface area (Å²) in [6, 6.07) is 12.2. The number of piperidine rings is 1. The predicted molar refractivity (Wildman–Crippen MR) is 111 cm³/mol. The molecule has 2 heterocycles. The summed E-state index contributed by atoms with van der Waals surface area (Å²) in [4.78, 5) is 27.4. The third-order valence-corrected chi connectivity index (χ3v) is 6.22. The molecule has 28 heavy (non-hydrogen) atoms. The maximum Gasteiger partial charge on any atom is 0.238 e. The number of thioether (sulfide) groups is 1. The smallest absolute Gasteiger partial charge is 0.238 e. The highest BCUT2D eigenvalue weighted by Crippen LogP contribution is 2.35. The van der Waals surface area contributed by atoms with Crippen molar-refractivity contribution in [1.82, 2.24) is 10.1 Å². The van der Waals surface area contributed by atoms with Gasteiger partial charge in [-0.25, -0.2) is 0 Å². The zero-order chi connectivity index (χ0) is 20.1. The maximum absolute atomic E-state index is 13.0. The summed E-state index contributed by atoms with van der Waals surface area (Å²) in [7, 11) is 0. The van der Waals surface area contributed by atoms with E-state index < -0.39 is 0 Å². The van der Waals surface area contributed by atoms with Gasteiger partial charge in [-0.05, 0) is 45.6 Å². The summed E-state index contributed by atoms with van der Waals surface area (Å²) >= 11 is 1.35. The predicted octanol–water partition coefficient (Wildman–Crippen LogP) is 4.19. The van der Waals surface area contributed by atoms with E-state index in [0.29, 0.717) is 11.6 Å². The van der Waals surface area contributed by atoms with Gasteiger partial charge in [-0.2, -0.15) is 0 Å². The molecule has 2 aromatic rings. The molecule has 6 nitrogen and oxygen atoms in total. The molecule has 1 aromatic heterocycles. The Balaban J connectivity index is 1.59. The van der Waals surface area contributed by atoms with Crippen LogP contribution in [-0.4, -0.2) is 38.9 Å². The van der Waals surface area contributed by atoms with Crippen LogP contribution >= 0.6 is 11.8 Å². The number of benzene rings is 1. The van der Waals surface area contributed by atoms with Crippen molar-refractivity contribution >= 4 is 29.4 Å². The normalized spacial score (nSPS) is 20.6. The standard InChI is InChI=1S/C21H27N3O3S/c1-14-8-7-11-18(17-9-5-4-6-10-17)24(14)20(25)13-28-16(3)21(26)22-19-12-15(2)27-23-19/h4-6,9-10,12,14,16,18H,7-8,11,13H2,1-3H3,(H,22,23,26)/t14-,16+,18+/m1/s1. The van der Waals surface area contributed by atoms with Crippen molar-refractivity contribution in [3.05, 3.63) is 47.7 Å². The highest BCUT2D eigenvalue weighted by atomic mass is 32.2. The Morgan fingerprint density at radius 1 is 1.32 bits per heavy atom. The number of likely N-dealkylation sites (tertiary alicyclic amines) is 1. The Kier molecular flexibility index (Phi) is 6.78. The van der Waals surface area contributed by atoms with Crippen LogP contribution in [0.5, 0.6) is 0 Å². The molecule has 3 atom stereocenters. The van der Waals surface area contributed by atoms with E-state index in [9.17, 15) is 9.59 Å².